The molecule has 1 aliphatic heterocycles. The van der Waals surface area contributed by atoms with Gasteiger partial charge in [0.2, 0.25) is 0 Å². The van der Waals surface area contributed by atoms with Crippen LogP contribution in [0.3, 0.4) is 0 Å². The van der Waals surface area contributed by atoms with Crippen LogP contribution >= 0.6 is 0 Å². The third kappa shape index (κ3) is 43.2. The van der Waals surface area contributed by atoms with Crippen LogP contribution in [0.1, 0.15) is 290 Å². The number of unbranched alkanes of at least 4 members (excludes halogenated alkanes) is 32. The van der Waals surface area contributed by atoms with Crippen LogP contribution in [0.25, 0.3) is 0 Å². The molecule has 0 saturated carbocycles. The standard InChI is InChI=1S/C65H114O12/c1-4-7-10-13-16-19-22-25-27-29-31-34-36-39-42-45-48-51-57(66)73-54-56(75-58(67)52-49-46-43-40-37-33-24-21-18-15-12-9-6-3)55-74-65-63(61(70)60(69)62(77-65)64(71)72)76-59(68)53-50-47-44-41-38-35-32-30-28-26-23-20-17-14-11-8-5-2/h9,12,18,21,25,27,33,37,56,60-63,65,69-70H,4-8,10-11,13-17,19-20,22-24,26,28-32,34-36,38-55H2,1-3H3,(H,71,72)/b12-9-,21-18-,27-25-,37-33-. The Hall–Kier alpha value is -3.32. The molecular formula is C65H114O12. The van der Waals surface area contributed by atoms with Gasteiger partial charge < -0.3 is 39.0 Å². The van der Waals surface area contributed by atoms with Gasteiger partial charge in [0, 0.05) is 19.3 Å². The van der Waals surface area contributed by atoms with Gasteiger partial charge in [-0.25, -0.2) is 4.79 Å². The van der Waals surface area contributed by atoms with Crippen LogP contribution in [-0.4, -0.2) is 89.2 Å². The number of rotatable bonds is 54. The van der Waals surface area contributed by atoms with Gasteiger partial charge in [-0.2, -0.15) is 0 Å². The Bertz CT molecular complexity index is 1520. The molecular weight excluding hydrogens is 973 g/mol. The highest BCUT2D eigenvalue weighted by molar-refractivity contribution is 5.74. The van der Waals surface area contributed by atoms with Gasteiger partial charge in [0.15, 0.2) is 24.6 Å². The summed E-state index contributed by atoms with van der Waals surface area (Å²) in [4.78, 5) is 51.2. The quantitative estimate of drug-likeness (QED) is 0.0228. The molecule has 1 aliphatic rings. The maximum absolute atomic E-state index is 13.1. The smallest absolute Gasteiger partial charge is 0.335 e. The second-order valence-corrected chi connectivity index (χ2v) is 21.7. The Balaban J connectivity index is 2.66. The number of esters is 3. The van der Waals surface area contributed by atoms with Gasteiger partial charge in [0.1, 0.15) is 18.8 Å². The number of hydrogen-bond donors (Lipinski definition) is 3. The highest BCUT2D eigenvalue weighted by atomic mass is 16.7. The molecule has 6 unspecified atom stereocenters. The largest absolute Gasteiger partial charge is 0.479 e. The number of hydrogen-bond acceptors (Lipinski definition) is 11. The summed E-state index contributed by atoms with van der Waals surface area (Å²) in [5.74, 6) is -3.14. The molecule has 0 aromatic rings. The SMILES string of the molecule is CC/C=C\C/C=C\C/C=C\CCCCCC(=O)OC(COC(=O)CCCCCCCCC/C=C\CCCCCCCC)COC1OC(C(=O)O)C(O)C(O)C1OC(=O)CCCCCCCCCCCCCCCCCCC. The molecule has 0 spiro atoms. The van der Waals surface area contributed by atoms with Gasteiger partial charge in [-0.05, 0) is 77.0 Å². The summed E-state index contributed by atoms with van der Waals surface area (Å²) in [6, 6.07) is 0. The molecule has 0 radical (unpaired) electrons. The van der Waals surface area contributed by atoms with E-state index in [-0.39, 0.29) is 25.9 Å². The molecule has 3 N–H and O–H groups in total. The minimum atomic E-state index is -1.91. The third-order valence-corrected chi connectivity index (χ3v) is 14.4. The molecule has 446 valence electrons. The van der Waals surface area contributed by atoms with Crippen molar-refractivity contribution < 1.29 is 58.2 Å². The van der Waals surface area contributed by atoms with Crippen molar-refractivity contribution in [2.24, 2.45) is 0 Å². The van der Waals surface area contributed by atoms with Crippen molar-refractivity contribution >= 4 is 23.9 Å². The predicted octanol–water partition coefficient (Wildman–Crippen LogP) is 16.6. The van der Waals surface area contributed by atoms with E-state index in [1.807, 2.05) is 0 Å². The first-order valence-electron chi connectivity index (χ1n) is 31.6. The molecule has 77 heavy (non-hydrogen) atoms. The van der Waals surface area contributed by atoms with Crippen LogP contribution < -0.4 is 0 Å². The van der Waals surface area contributed by atoms with E-state index in [9.17, 15) is 34.5 Å². The zero-order valence-corrected chi connectivity index (χ0v) is 49.2. The molecule has 0 bridgehead atoms. The van der Waals surface area contributed by atoms with Gasteiger partial charge in [-0.15, -0.1) is 0 Å². The zero-order valence-electron chi connectivity index (χ0n) is 49.2. The van der Waals surface area contributed by atoms with E-state index in [0.717, 1.165) is 89.9 Å². The summed E-state index contributed by atoms with van der Waals surface area (Å²) in [7, 11) is 0. The number of carbonyl (C=O) groups excluding carboxylic acids is 3. The van der Waals surface area contributed by atoms with E-state index < -0.39 is 67.3 Å². The average molecular weight is 1090 g/mol. The van der Waals surface area contributed by atoms with Crippen LogP contribution in [0.5, 0.6) is 0 Å². The van der Waals surface area contributed by atoms with Crippen LogP contribution in [0.4, 0.5) is 0 Å². The summed E-state index contributed by atoms with van der Waals surface area (Å²) in [5, 5.41) is 31.5. The molecule has 1 rings (SSSR count). The third-order valence-electron chi connectivity index (χ3n) is 14.4. The Morgan fingerprint density at radius 3 is 1.27 bits per heavy atom. The van der Waals surface area contributed by atoms with Gasteiger partial charge in [-0.1, -0.05) is 243 Å². The molecule has 1 fully saturated rings. The van der Waals surface area contributed by atoms with Crippen LogP contribution in [0, 0.1) is 0 Å². The van der Waals surface area contributed by atoms with E-state index in [1.165, 1.54) is 141 Å². The first-order chi connectivity index (χ1) is 37.6. The second-order valence-electron chi connectivity index (χ2n) is 21.7. The van der Waals surface area contributed by atoms with Crippen LogP contribution in [0.2, 0.25) is 0 Å². The maximum Gasteiger partial charge on any atom is 0.335 e. The number of aliphatic carboxylic acids is 1. The molecule has 0 aromatic heterocycles. The molecule has 6 atom stereocenters. The second kappa shape index (κ2) is 53.3. The Labute approximate surface area is 469 Å². The lowest BCUT2D eigenvalue weighted by Crippen LogP contribution is -2.61. The molecule has 0 aromatic carbocycles. The fourth-order valence-corrected chi connectivity index (χ4v) is 9.56. The number of carboxylic acids is 1. The lowest BCUT2D eigenvalue weighted by atomic mass is 9.98. The number of carbonyl (C=O) groups is 4. The van der Waals surface area contributed by atoms with Crippen LogP contribution in [0.15, 0.2) is 48.6 Å². The van der Waals surface area contributed by atoms with Gasteiger partial charge in [0.05, 0.1) is 6.61 Å². The van der Waals surface area contributed by atoms with Gasteiger partial charge >= 0.3 is 23.9 Å². The van der Waals surface area contributed by atoms with Crippen LogP contribution in [-0.2, 0) is 42.9 Å². The summed E-state index contributed by atoms with van der Waals surface area (Å²) in [6.07, 6.45) is 52.2. The van der Waals surface area contributed by atoms with Crippen molar-refractivity contribution in [1.29, 1.82) is 0 Å². The van der Waals surface area contributed by atoms with E-state index >= 15 is 0 Å². The van der Waals surface area contributed by atoms with Gasteiger partial charge in [0.25, 0.3) is 0 Å². The minimum absolute atomic E-state index is 0.0608. The Kier molecular flexibility index (Phi) is 49.7. The highest BCUT2D eigenvalue weighted by Gasteiger charge is 2.50. The Morgan fingerprint density at radius 2 is 0.818 bits per heavy atom. The monoisotopic (exact) mass is 1090 g/mol. The predicted molar refractivity (Wildman–Crippen MR) is 312 cm³/mol. The molecule has 1 heterocycles. The fourth-order valence-electron chi connectivity index (χ4n) is 9.56. The molecule has 0 amide bonds. The van der Waals surface area contributed by atoms with Gasteiger partial charge in [-0.3, -0.25) is 14.4 Å². The summed E-state index contributed by atoms with van der Waals surface area (Å²) >= 11 is 0. The number of aliphatic hydroxyl groups is 2. The van der Waals surface area contributed by atoms with Crippen molar-refractivity contribution in [3.63, 3.8) is 0 Å². The van der Waals surface area contributed by atoms with Crippen molar-refractivity contribution in [2.45, 2.75) is 327 Å². The topological polar surface area (TPSA) is 175 Å². The summed E-state index contributed by atoms with van der Waals surface area (Å²) < 4.78 is 28.5. The van der Waals surface area contributed by atoms with E-state index in [4.69, 9.17) is 23.7 Å². The van der Waals surface area contributed by atoms with E-state index in [1.54, 1.807) is 0 Å². The fraction of sp³-hybridized carbons (Fsp3) is 0.815. The first-order valence-corrected chi connectivity index (χ1v) is 31.6. The first kappa shape index (κ1) is 71.7. The number of ether oxygens (including phenoxy) is 5. The summed E-state index contributed by atoms with van der Waals surface area (Å²) in [5.41, 5.74) is 0. The van der Waals surface area contributed by atoms with Crippen molar-refractivity contribution in [2.75, 3.05) is 13.2 Å². The molecule has 12 nitrogen and oxygen atoms in total. The number of allylic oxidation sites excluding steroid dienone is 8. The molecule has 12 heteroatoms. The average Bonchev–Trinajstić information content (AvgIpc) is 3.42. The number of carboxylic acid groups (broad SMARTS) is 1. The lowest BCUT2D eigenvalue weighted by molar-refractivity contribution is -0.301. The van der Waals surface area contributed by atoms with E-state index in [0.29, 0.717) is 19.3 Å². The highest BCUT2D eigenvalue weighted by Crippen LogP contribution is 2.27. The minimum Gasteiger partial charge on any atom is -0.479 e. The molecule has 1 saturated heterocycles. The van der Waals surface area contributed by atoms with Crippen molar-refractivity contribution in [1.82, 2.24) is 0 Å². The molecule has 0 aliphatic carbocycles. The lowest BCUT2D eigenvalue weighted by Gasteiger charge is -2.40. The van der Waals surface area contributed by atoms with E-state index in [2.05, 4.69) is 69.4 Å². The Morgan fingerprint density at radius 1 is 0.442 bits per heavy atom. The number of aliphatic hydroxyl groups excluding tert-OH is 2. The summed E-state index contributed by atoms with van der Waals surface area (Å²) in [6.45, 7) is 5.88. The van der Waals surface area contributed by atoms with Crippen molar-refractivity contribution in [3.8, 4) is 0 Å². The zero-order chi connectivity index (χ0) is 56.1. The van der Waals surface area contributed by atoms with Crippen molar-refractivity contribution in [3.05, 3.63) is 48.6 Å². The maximum atomic E-state index is 13.1. The normalized spacial score (nSPS) is 18.3.